The van der Waals surface area contributed by atoms with Crippen molar-refractivity contribution >= 4 is 17.5 Å². The average Bonchev–Trinajstić information content (AvgIpc) is 2.67. The van der Waals surface area contributed by atoms with E-state index >= 15 is 0 Å². The second-order valence-electron chi connectivity index (χ2n) is 5.85. The van der Waals surface area contributed by atoms with E-state index in [-0.39, 0.29) is 11.8 Å². The molecular weight excluding hydrogens is 326 g/mol. The van der Waals surface area contributed by atoms with E-state index in [0.29, 0.717) is 23.4 Å². The summed E-state index contributed by atoms with van der Waals surface area (Å²) in [5.41, 5.74) is 3.46. The zero-order valence-electron chi connectivity index (χ0n) is 14.4. The fourth-order valence-corrected chi connectivity index (χ4v) is 2.47. The van der Waals surface area contributed by atoms with E-state index in [4.69, 9.17) is 0 Å². The monoisotopic (exact) mass is 345 g/mol. The molecule has 0 unspecified atom stereocenters. The van der Waals surface area contributed by atoms with E-state index < -0.39 is 0 Å². The number of carbonyl (C=O) groups excluding carboxylic acids is 2. The van der Waals surface area contributed by atoms with Gasteiger partial charge in [-0.1, -0.05) is 24.3 Å². The van der Waals surface area contributed by atoms with Crippen LogP contribution in [0.5, 0.6) is 0 Å². The lowest BCUT2D eigenvalue weighted by atomic mass is 10.1. The number of amides is 2. The van der Waals surface area contributed by atoms with Crippen molar-refractivity contribution in [2.45, 2.75) is 13.5 Å². The molecule has 0 aliphatic rings. The minimum atomic E-state index is -0.187. The van der Waals surface area contributed by atoms with Gasteiger partial charge in [-0.25, -0.2) is 0 Å². The lowest BCUT2D eigenvalue weighted by molar-refractivity contribution is 0.0950. The molecule has 1 heterocycles. The molecule has 0 bridgehead atoms. The highest BCUT2D eigenvalue weighted by Gasteiger charge is 2.08. The Bertz CT molecular complexity index is 906. The van der Waals surface area contributed by atoms with Gasteiger partial charge in [0.2, 0.25) is 0 Å². The number of pyridine rings is 1. The van der Waals surface area contributed by atoms with E-state index in [1.54, 1.807) is 36.4 Å². The number of anilines is 1. The highest BCUT2D eigenvalue weighted by atomic mass is 16.2. The molecule has 0 atom stereocenters. The second kappa shape index (κ2) is 8.07. The van der Waals surface area contributed by atoms with E-state index in [2.05, 4.69) is 15.6 Å². The standard InChI is InChI=1S/C21H19N3O2/c1-15-6-5-9-19(23-15)14-22-20(25)17-10-12-18(13-11-17)24-21(26)16-7-3-2-4-8-16/h2-13H,14H2,1H3,(H,22,25)(H,24,26). The van der Waals surface area contributed by atoms with Gasteiger partial charge in [0.1, 0.15) is 0 Å². The largest absolute Gasteiger partial charge is 0.346 e. The third kappa shape index (κ3) is 4.54. The van der Waals surface area contributed by atoms with Crippen LogP contribution in [0.2, 0.25) is 0 Å². The summed E-state index contributed by atoms with van der Waals surface area (Å²) in [6.07, 6.45) is 0. The van der Waals surface area contributed by atoms with E-state index in [1.165, 1.54) is 0 Å². The predicted octanol–water partition coefficient (Wildman–Crippen LogP) is 3.57. The molecule has 0 saturated heterocycles. The molecule has 26 heavy (non-hydrogen) atoms. The summed E-state index contributed by atoms with van der Waals surface area (Å²) >= 11 is 0. The Morgan fingerprint density at radius 3 is 2.19 bits per heavy atom. The molecule has 0 aliphatic carbocycles. The maximum absolute atomic E-state index is 12.2. The molecule has 2 N–H and O–H groups in total. The van der Waals surface area contributed by atoms with Gasteiger partial charge in [-0.15, -0.1) is 0 Å². The molecule has 0 aliphatic heterocycles. The topological polar surface area (TPSA) is 71.1 Å². The van der Waals surface area contributed by atoms with Crippen LogP contribution in [-0.2, 0) is 6.54 Å². The van der Waals surface area contributed by atoms with Crippen LogP contribution >= 0.6 is 0 Å². The molecule has 130 valence electrons. The van der Waals surface area contributed by atoms with Gasteiger partial charge in [0.05, 0.1) is 12.2 Å². The van der Waals surface area contributed by atoms with Crippen molar-refractivity contribution in [2.24, 2.45) is 0 Å². The summed E-state index contributed by atoms with van der Waals surface area (Å²) in [4.78, 5) is 28.7. The lowest BCUT2D eigenvalue weighted by Crippen LogP contribution is -2.23. The predicted molar refractivity (Wildman–Crippen MR) is 101 cm³/mol. The number of carbonyl (C=O) groups is 2. The Morgan fingerprint density at radius 1 is 0.808 bits per heavy atom. The molecule has 0 radical (unpaired) electrons. The zero-order chi connectivity index (χ0) is 18.4. The zero-order valence-corrected chi connectivity index (χ0v) is 14.4. The summed E-state index contributed by atoms with van der Waals surface area (Å²) in [6.45, 7) is 2.28. The van der Waals surface area contributed by atoms with Gasteiger partial charge in [-0.3, -0.25) is 14.6 Å². The minimum absolute atomic E-state index is 0.186. The van der Waals surface area contributed by atoms with Gasteiger partial charge in [-0.2, -0.15) is 0 Å². The highest BCUT2D eigenvalue weighted by molar-refractivity contribution is 6.04. The highest BCUT2D eigenvalue weighted by Crippen LogP contribution is 2.12. The van der Waals surface area contributed by atoms with Crippen molar-refractivity contribution in [2.75, 3.05) is 5.32 Å². The van der Waals surface area contributed by atoms with Gasteiger partial charge in [-0.05, 0) is 55.5 Å². The molecule has 2 amide bonds. The molecule has 3 rings (SSSR count). The van der Waals surface area contributed by atoms with Crippen LogP contribution in [0.15, 0.2) is 72.8 Å². The summed E-state index contributed by atoms with van der Waals surface area (Å²) < 4.78 is 0. The van der Waals surface area contributed by atoms with E-state index in [9.17, 15) is 9.59 Å². The van der Waals surface area contributed by atoms with Crippen molar-refractivity contribution in [3.05, 3.63) is 95.3 Å². The Labute approximate surface area is 152 Å². The van der Waals surface area contributed by atoms with Crippen LogP contribution in [-0.4, -0.2) is 16.8 Å². The van der Waals surface area contributed by atoms with Crippen molar-refractivity contribution < 1.29 is 9.59 Å². The summed E-state index contributed by atoms with van der Waals surface area (Å²) in [6, 6.07) is 21.4. The molecule has 5 nitrogen and oxygen atoms in total. The van der Waals surface area contributed by atoms with E-state index in [0.717, 1.165) is 11.4 Å². The third-order valence-electron chi connectivity index (χ3n) is 3.82. The molecular formula is C21H19N3O2. The van der Waals surface area contributed by atoms with Crippen molar-refractivity contribution in [3.63, 3.8) is 0 Å². The molecule has 0 spiro atoms. The summed E-state index contributed by atoms with van der Waals surface area (Å²) in [5.74, 6) is -0.373. The normalized spacial score (nSPS) is 10.2. The number of rotatable bonds is 5. The number of aromatic nitrogens is 1. The smallest absolute Gasteiger partial charge is 0.255 e. The van der Waals surface area contributed by atoms with Crippen LogP contribution in [0.3, 0.4) is 0 Å². The number of nitrogens with one attached hydrogen (secondary N) is 2. The first-order valence-corrected chi connectivity index (χ1v) is 8.29. The van der Waals surface area contributed by atoms with Crippen LogP contribution in [0, 0.1) is 6.92 Å². The number of nitrogens with zero attached hydrogens (tertiary/aromatic N) is 1. The van der Waals surface area contributed by atoms with Crippen LogP contribution < -0.4 is 10.6 Å². The third-order valence-corrected chi connectivity index (χ3v) is 3.82. The van der Waals surface area contributed by atoms with Gasteiger partial charge in [0, 0.05) is 22.5 Å². The number of aryl methyl sites for hydroxylation is 1. The lowest BCUT2D eigenvalue weighted by Gasteiger charge is -2.08. The first-order valence-electron chi connectivity index (χ1n) is 8.29. The molecule has 3 aromatic rings. The number of hydrogen-bond acceptors (Lipinski definition) is 3. The van der Waals surface area contributed by atoms with Crippen LogP contribution in [0.4, 0.5) is 5.69 Å². The maximum atomic E-state index is 12.2. The van der Waals surface area contributed by atoms with Crippen molar-refractivity contribution in [1.29, 1.82) is 0 Å². The van der Waals surface area contributed by atoms with Gasteiger partial charge < -0.3 is 10.6 Å². The number of benzene rings is 2. The fraction of sp³-hybridized carbons (Fsp3) is 0.0952. The summed E-state index contributed by atoms with van der Waals surface area (Å²) in [7, 11) is 0. The van der Waals surface area contributed by atoms with Crippen molar-refractivity contribution in [3.8, 4) is 0 Å². The molecule has 1 aromatic heterocycles. The van der Waals surface area contributed by atoms with Gasteiger partial charge in [0.25, 0.3) is 11.8 Å². The molecule has 2 aromatic carbocycles. The first kappa shape index (κ1) is 17.4. The summed E-state index contributed by atoms with van der Waals surface area (Å²) in [5, 5.41) is 5.65. The second-order valence-corrected chi connectivity index (χ2v) is 5.85. The minimum Gasteiger partial charge on any atom is -0.346 e. The number of hydrogen-bond donors (Lipinski definition) is 2. The fourth-order valence-electron chi connectivity index (χ4n) is 2.47. The SMILES string of the molecule is Cc1cccc(CNC(=O)c2ccc(NC(=O)c3ccccc3)cc2)n1. The van der Waals surface area contributed by atoms with Gasteiger partial charge in [0.15, 0.2) is 0 Å². The average molecular weight is 345 g/mol. The molecule has 5 heteroatoms. The Hall–Kier alpha value is -3.47. The quantitative estimate of drug-likeness (QED) is 0.742. The van der Waals surface area contributed by atoms with Crippen LogP contribution in [0.1, 0.15) is 32.1 Å². The van der Waals surface area contributed by atoms with E-state index in [1.807, 2.05) is 43.3 Å². The van der Waals surface area contributed by atoms with Gasteiger partial charge >= 0.3 is 0 Å². The molecule has 0 fully saturated rings. The first-order chi connectivity index (χ1) is 12.6. The van der Waals surface area contributed by atoms with Crippen LogP contribution in [0.25, 0.3) is 0 Å². The van der Waals surface area contributed by atoms with Crippen molar-refractivity contribution in [1.82, 2.24) is 10.3 Å². The maximum Gasteiger partial charge on any atom is 0.255 e. The Morgan fingerprint density at radius 2 is 1.50 bits per heavy atom. The molecule has 0 saturated carbocycles. The Balaban J connectivity index is 1.58. The Kier molecular flexibility index (Phi) is 5.39.